The van der Waals surface area contributed by atoms with Crippen LogP contribution in [0.1, 0.15) is 5.69 Å². The van der Waals surface area contributed by atoms with E-state index in [-0.39, 0.29) is 12.4 Å². The van der Waals surface area contributed by atoms with E-state index in [1.807, 2.05) is 12.1 Å². The maximum absolute atomic E-state index is 9.14. The fourth-order valence-corrected chi connectivity index (χ4v) is 1.36. The zero-order valence-electron chi connectivity index (χ0n) is 8.09. The summed E-state index contributed by atoms with van der Waals surface area (Å²) in [7, 11) is 0. The first-order valence-electron chi connectivity index (χ1n) is 4.66. The van der Waals surface area contributed by atoms with Crippen molar-refractivity contribution in [1.82, 2.24) is 4.98 Å². The number of hydrogen-bond donors (Lipinski definition) is 2. The number of aliphatic hydroxyl groups excluding tert-OH is 1. The molecule has 2 N–H and O–H groups in total. The zero-order chi connectivity index (χ0) is 10.7. The third-order valence-corrected chi connectivity index (χ3v) is 2.13. The molecule has 3 heteroatoms. The van der Waals surface area contributed by atoms with Crippen molar-refractivity contribution in [3.63, 3.8) is 0 Å². The van der Waals surface area contributed by atoms with E-state index in [2.05, 4.69) is 4.98 Å². The van der Waals surface area contributed by atoms with Gasteiger partial charge in [0.05, 0.1) is 18.0 Å². The number of rotatable bonds is 2. The number of aromatic nitrogens is 1. The van der Waals surface area contributed by atoms with Crippen molar-refractivity contribution in [1.29, 1.82) is 0 Å². The monoisotopic (exact) mass is 201 g/mol. The zero-order valence-corrected chi connectivity index (χ0v) is 8.09. The van der Waals surface area contributed by atoms with Gasteiger partial charge in [-0.05, 0) is 36.4 Å². The van der Waals surface area contributed by atoms with Crippen LogP contribution in [0.3, 0.4) is 0 Å². The Labute approximate surface area is 87.7 Å². The minimum Gasteiger partial charge on any atom is -0.508 e. The molecule has 0 unspecified atom stereocenters. The lowest BCUT2D eigenvalue weighted by Crippen LogP contribution is -1.90. The summed E-state index contributed by atoms with van der Waals surface area (Å²) in [4.78, 5) is 4.26. The van der Waals surface area contributed by atoms with Gasteiger partial charge in [-0.3, -0.25) is 4.98 Å². The first-order valence-corrected chi connectivity index (χ1v) is 4.66. The van der Waals surface area contributed by atoms with Crippen molar-refractivity contribution in [2.24, 2.45) is 0 Å². The molecule has 0 aliphatic carbocycles. The van der Waals surface area contributed by atoms with Gasteiger partial charge in [0.25, 0.3) is 0 Å². The fraction of sp³-hybridized carbons (Fsp3) is 0.0833. The van der Waals surface area contributed by atoms with E-state index in [9.17, 15) is 0 Å². The molecule has 0 aliphatic rings. The van der Waals surface area contributed by atoms with Crippen molar-refractivity contribution in [2.45, 2.75) is 6.61 Å². The number of hydrogen-bond acceptors (Lipinski definition) is 3. The third-order valence-electron chi connectivity index (χ3n) is 2.13. The Morgan fingerprint density at radius 1 is 1.00 bits per heavy atom. The number of phenols is 1. The van der Waals surface area contributed by atoms with Crippen molar-refractivity contribution in [2.75, 3.05) is 0 Å². The second-order valence-electron chi connectivity index (χ2n) is 3.22. The Morgan fingerprint density at radius 3 is 2.40 bits per heavy atom. The molecule has 0 spiro atoms. The molecule has 2 rings (SSSR count). The largest absolute Gasteiger partial charge is 0.508 e. The molecule has 0 aliphatic heterocycles. The number of phenolic OH excluding ortho intramolecular Hbond substituents is 1. The topological polar surface area (TPSA) is 53.4 Å². The highest BCUT2D eigenvalue weighted by Crippen LogP contribution is 2.19. The molecule has 0 radical (unpaired) electrons. The van der Waals surface area contributed by atoms with Crippen LogP contribution in [0.5, 0.6) is 5.75 Å². The summed E-state index contributed by atoms with van der Waals surface area (Å²) in [6, 6.07) is 12.3. The maximum atomic E-state index is 9.14. The van der Waals surface area contributed by atoms with Crippen LogP contribution in [0.15, 0.2) is 42.5 Å². The quantitative estimate of drug-likeness (QED) is 0.780. The fourth-order valence-electron chi connectivity index (χ4n) is 1.36. The van der Waals surface area contributed by atoms with Crippen LogP contribution in [0, 0.1) is 0 Å². The average Bonchev–Trinajstić information content (AvgIpc) is 2.30. The molecule has 0 fully saturated rings. The van der Waals surface area contributed by atoms with E-state index in [4.69, 9.17) is 10.2 Å². The first kappa shape index (κ1) is 9.68. The summed E-state index contributed by atoms with van der Waals surface area (Å²) >= 11 is 0. The van der Waals surface area contributed by atoms with Gasteiger partial charge in [-0.15, -0.1) is 0 Å². The Bertz CT molecular complexity index is 451. The maximum Gasteiger partial charge on any atom is 0.115 e. The summed E-state index contributed by atoms with van der Waals surface area (Å²) in [5.74, 6) is 0.233. The van der Waals surface area contributed by atoms with Crippen LogP contribution in [-0.2, 0) is 6.61 Å². The van der Waals surface area contributed by atoms with Gasteiger partial charge >= 0.3 is 0 Å². The molecule has 2 aromatic rings. The van der Waals surface area contributed by atoms with Gasteiger partial charge in [0.15, 0.2) is 0 Å². The summed E-state index contributed by atoms with van der Waals surface area (Å²) in [5, 5.41) is 18.1. The van der Waals surface area contributed by atoms with Gasteiger partial charge in [0, 0.05) is 5.56 Å². The number of benzene rings is 1. The smallest absolute Gasteiger partial charge is 0.115 e. The Balaban J connectivity index is 2.40. The molecule has 0 amide bonds. The van der Waals surface area contributed by atoms with Crippen LogP contribution in [0.2, 0.25) is 0 Å². The lowest BCUT2D eigenvalue weighted by Gasteiger charge is -2.02. The molecule has 1 aromatic carbocycles. The van der Waals surface area contributed by atoms with E-state index < -0.39 is 0 Å². The Kier molecular flexibility index (Phi) is 2.65. The Morgan fingerprint density at radius 2 is 1.73 bits per heavy atom. The SMILES string of the molecule is OCc1cccc(-c2ccc(O)cc2)n1. The standard InChI is InChI=1S/C12H11NO2/c14-8-10-2-1-3-12(13-10)9-4-6-11(15)7-5-9/h1-7,14-15H,8H2. The molecule has 3 nitrogen and oxygen atoms in total. The van der Waals surface area contributed by atoms with E-state index in [0.717, 1.165) is 11.3 Å². The molecule has 0 saturated carbocycles. The van der Waals surface area contributed by atoms with Crippen LogP contribution in [0.4, 0.5) is 0 Å². The van der Waals surface area contributed by atoms with Crippen LogP contribution < -0.4 is 0 Å². The van der Waals surface area contributed by atoms with E-state index >= 15 is 0 Å². The summed E-state index contributed by atoms with van der Waals surface area (Å²) in [6.45, 7) is -0.0636. The van der Waals surface area contributed by atoms with Crippen LogP contribution in [-0.4, -0.2) is 15.2 Å². The molecular formula is C12H11NO2. The minimum atomic E-state index is -0.0636. The van der Waals surface area contributed by atoms with Gasteiger partial charge < -0.3 is 10.2 Å². The van der Waals surface area contributed by atoms with E-state index in [0.29, 0.717) is 5.69 Å². The molecular weight excluding hydrogens is 190 g/mol. The second-order valence-corrected chi connectivity index (χ2v) is 3.22. The second kappa shape index (κ2) is 4.11. The van der Waals surface area contributed by atoms with Crippen LogP contribution >= 0.6 is 0 Å². The van der Waals surface area contributed by atoms with Crippen molar-refractivity contribution in [3.05, 3.63) is 48.2 Å². The molecule has 15 heavy (non-hydrogen) atoms. The molecule has 0 atom stereocenters. The van der Waals surface area contributed by atoms with Gasteiger partial charge in [0.2, 0.25) is 0 Å². The highest BCUT2D eigenvalue weighted by Gasteiger charge is 2.00. The lowest BCUT2D eigenvalue weighted by atomic mass is 10.1. The first-order chi connectivity index (χ1) is 7.29. The van der Waals surface area contributed by atoms with Crippen molar-refractivity contribution in [3.8, 4) is 17.0 Å². The van der Waals surface area contributed by atoms with Gasteiger partial charge in [-0.1, -0.05) is 6.07 Å². The molecule has 0 saturated heterocycles. The molecule has 1 aromatic heterocycles. The molecule has 0 bridgehead atoms. The van der Waals surface area contributed by atoms with Crippen molar-refractivity contribution >= 4 is 0 Å². The predicted octanol–water partition coefficient (Wildman–Crippen LogP) is 1.95. The average molecular weight is 201 g/mol. The van der Waals surface area contributed by atoms with E-state index in [1.54, 1.807) is 30.3 Å². The van der Waals surface area contributed by atoms with E-state index in [1.165, 1.54) is 0 Å². The van der Waals surface area contributed by atoms with Gasteiger partial charge in [-0.25, -0.2) is 0 Å². The lowest BCUT2D eigenvalue weighted by molar-refractivity contribution is 0.277. The Hall–Kier alpha value is -1.87. The van der Waals surface area contributed by atoms with Crippen molar-refractivity contribution < 1.29 is 10.2 Å². The predicted molar refractivity (Wildman–Crippen MR) is 57.3 cm³/mol. The third kappa shape index (κ3) is 2.14. The molecule has 76 valence electrons. The van der Waals surface area contributed by atoms with Gasteiger partial charge in [-0.2, -0.15) is 0 Å². The summed E-state index contributed by atoms with van der Waals surface area (Å²) in [6.07, 6.45) is 0. The van der Waals surface area contributed by atoms with Crippen LogP contribution in [0.25, 0.3) is 11.3 Å². The number of pyridine rings is 1. The number of aliphatic hydroxyl groups is 1. The number of nitrogens with zero attached hydrogens (tertiary/aromatic N) is 1. The minimum absolute atomic E-state index is 0.0636. The molecule has 1 heterocycles. The summed E-state index contributed by atoms with van der Waals surface area (Å²) < 4.78 is 0. The van der Waals surface area contributed by atoms with Gasteiger partial charge in [0.1, 0.15) is 5.75 Å². The normalized spacial score (nSPS) is 10.2. The summed E-state index contributed by atoms with van der Waals surface area (Å²) in [5.41, 5.74) is 2.35. The highest BCUT2D eigenvalue weighted by molar-refractivity contribution is 5.59. The number of aromatic hydroxyl groups is 1. The highest BCUT2D eigenvalue weighted by atomic mass is 16.3.